The van der Waals surface area contributed by atoms with Gasteiger partial charge in [0.2, 0.25) is 0 Å². The van der Waals surface area contributed by atoms with Crippen LogP contribution in [0.15, 0.2) is 24.3 Å². The van der Waals surface area contributed by atoms with Crippen molar-refractivity contribution in [2.45, 2.75) is 32.3 Å². The Morgan fingerprint density at radius 3 is 2.94 bits per heavy atom. The molecular formula is C16H21NO. The van der Waals surface area contributed by atoms with E-state index in [1.54, 1.807) is 0 Å². The molecule has 0 radical (unpaired) electrons. The molecule has 0 spiro atoms. The summed E-state index contributed by atoms with van der Waals surface area (Å²) in [6, 6.07) is 8.18. The van der Waals surface area contributed by atoms with E-state index in [9.17, 15) is 0 Å². The fourth-order valence-electron chi connectivity index (χ4n) is 2.11. The first kappa shape index (κ1) is 13.1. The largest absolute Gasteiger partial charge is 0.377 e. The van der Waals surface area contributed by atoms with Gasteiger partial charge in [0.1, 0.15) is 0 Å². The van der Waals surface area contributed by atoms with E-state index in [1.165, 1.54) is 31.2 Å². The Balaban J connectivity index is 1.74. The highest BCUT2D eigenvalue weighted by Crippen LogP contribution is 2.29. The van der Waals surface area contributed by atoms with Gasteiger partial charge in [0, 0.05) is 12.2 Å². The van der Waals surface area contributed by atoms with Crippen LogP contribution in [0.3, 0.4) is 0 Å². The van der Waals surface area contributed by atoms with Gasteiger partial charge in [-0.1, -0.05) is 43.2 Å². The van der Waals surface area contributed by atoms with Crippen LogP contribution in [0.4, 0.5) is 0 Å². The highest BCUT2D eigenvalue weighted by atomic mass is 16.5. The van der Waals surface area contributed by atoms with Gasteiger partial charge < -0.3 is 10.5 Å². The molecular weight excluding hydrogens is 222 g/mol. The summed E-state index contributed by atoms with van der Waals surface area (Å²) in [6.07, 6.45) is 5.42. The summed E-state index contributed by atoms with van der Waals surface area (Å²) in [5.74, 6) is 6.83. The molecule has 1 saturated carbocycles. The summed E-state index contributed by atoms with van der Waals surface area (Å²) in [5.41, 5.74) is 7.56. The number of ether oxygens (including phenoxy) is 1. The van der Waals surface area contributed by atoms with E-state index in [-0.39, 0.29) is 0 Å². The van der Waals surface area contributed by atoms with Gasteiger partial charge in [-0.2, -0.15) is 0 Å². The molecule has 0 aliphatic heterocycles. The fraction of sp³-hybridized carbons (Fsp3) is 0.500. The molecule has 0 aromatic heterocycles. The Morgan fingerprint density at radius 2 is 2.22 bits per heavy atom. The van der Waals surface area contributed by atoms with Gasteiger partial charge in [0.15, 0.2) is 0 Å². The SMILES string of the molecule is NCC#Cc1cccc(COCCC2CCC2)c1. The Morgan fingerprint density at radius 1 is 1.33 bits per heavy atom. The van der Waals surface area contributed by atoms with Gasteiger partial charge in [-0.05, 0) is 30.0 Å². The predicted molar refractivity (Wildman–Crippen MR) is 74.0 cm³/mol. The van der Waals surface area contributed by atoms with Crippen LogP contribution in [-0.4, -0.2) is 13.2 Å². The van der Waals surface area contributed by atoms with E-state index >= 15 is 0 Å². The molecule has 2 rings (SSSR count). The highest BCUT2D eigenvalue weighted by Gasteiger charge is 2.16. The third-order valence-corrected chi connectivity index (χ3v) is 3.43. The first-order chi connectivity index (χ1) is 8.88. The third-order valence-electron chi connectivity index (χ3n) is 3.43. The average Bonchev–Trinajstić information content (AvgIpc) is 2.34. The summed E-state index contributed by atoms with van der Waals surface area (Å²) in [7, 11) is 0. The molecule has 96 valence electrons. The average molecular weight is 243 g/mol. The number of hydrogen-bond donors (Lipinski definition) is 1. The third kappa shape index (κ3) is 4.18. The Kier molecular flexibility index (Phi) is 5.26. The van der Waals surface area contributed by atoms with Gasteiger partial charge >= 0.3 is 0 Å². The van der Waals surface area contributed by atoms with Crippen molar-refractivity contribution in [3.63, 3.8) is 0 Å². The Labute approximate surface area is 110 Å². The van der Waals surface area contributed by atoms with Crippen LogP contribution in [0, 0.1) is 17.8 Å². The Bertz CT molecular complexity index is 426. The first-order valence-corrected chi connectivity index (χ1v) is 6.74. The molecule has 0 amide bonds. The minimum Gasteiger partial charge on any atom is -0.377 e. The molecule has 18 heavy (non-hydrogen) atoms. The second-order valence-corrected chi connectivity index (χ2v) is 4.84. The molecule has 1 aromatic rings. The smallest absolute Gasteiger partial charge is 0.0717 e. The van der Waals surface area contributed by atoms with E-state index < -0.39 is 0 Å². The summed E-state index contributed by atoms with van der Waals surface area (Å²) < 4.78 is 5.71. The monoisotopic (exact) mass is 243 g/mol. The summed E-state index contributed by atoms with van der Waals surface area (Å²) in [5, 5.41) is 0. The molecule has 0 atom stereocenters. The van der Waals surface area contributed by atoms with Crippen molar-refractivity contribution >= 4 is 0 Å². The second kappa shape index (κ2) is 7.20. The van der Waals surface area contributed by atoms with E-state index in [0.29, 0.717) is 13.2 Å². The quantitative estimate of drug-likeness (QED) is 0.637. The van der Waals surface area contributed by atoms with Gasteiger partial charge in [-0.3, -0.25) is 0 Å². The molecule has 0 heterocycles. The summed E-state index contributed by atoms with van der Waals surface area (Å²) in [6.45, 7) is 1.97. The lowest BCUT2D eigenvalue weighted by molar-refractivity contribution is 0.0950. The van der Waals surface area contributed by atoms with Crippen LogP contribution >= 0.6 is 0 Å². The lowest BCUT2D eigenvalue weighted by Crippen LogP contribution is -2.13. The topological polar surface area (TPSA) is 35.2 Å². The first-order valence-electron chi connectivity index (χ1n) is 6.74. The summed E-state index contributed by atoms with van der Waals surface area (Å²) in [4.78, 5) is 0. The van der Waals surface area contributed by atoms with Crippen molar-refractivity contribution in [3.05, 3.63) is 35.4 Å². The lowest BCUT2D eigenvalue weighted by atomic mass is 9.83. The molecule has 0 unspecified atom stereocenters. The van der Waals surface area contributed by atoms with E-state index in [1.807, 2.05) is 12.1 Å². The van der Waals surface area contributed by atoms with Crippen LogP contribution in [0.1, 0.15) is 36.8 Å². The second-order valence-electron chi connectivity index (χ2n) is 4.84. The maximum Gasteiger partial charge on any atom is 0.0717 e. The standard InChI is InChI=1S/C16H21NO/c17-10-3-8-15-6-2-7-16(12-15)13-18-11-9-14-4-1-5-14/h2,6-7,12,14H,1,4-5,9-11,13,17H2. The van der Waals surface area contributed by atoms with Crippen molar-refractivity contribution in [3.8, 4) is 11.8 Å². The lowest BCUT2D eigenvalue weighted by Gasteiger charge is -2.24. The molecule has 0 bridgehead atoms. The molecule has 2 N–H and O–H groups in total. The van der Waals surface area contributed by atoms with Crippen molar-refractivity contribution in [2.75, 3.05) is 13.2 Å². The molecule has 1 aromatic carbocycles. The minimum absolute atomic E-state index is 0.405. The number of benzene rings is 1. The predicted octanol–water partition coefficient (Wildman–Crippen LogP) is 2.70. The molecule has 2 nitrogen and oxygen atoms in total. The van der Waals surface area contributed by atoms with E-state index in [2.05, 4.69) is 24.0 Å². The van der Waals surface area contributed by atoms with Crippen LogP contribution in [-0.2, 0) is 11.3 Å². The maximum atomic E-state index is 5.71. The summed E-state index contributed by atoms with van der Waals surface area (Å²) >= 11 is 0. The van der Waals surface area contributed by atoms with Gasteiger partial charge in [-0.25, -0.2) is 0 Å². The molecule has 1 aliphatic carbocycles. The Hall–Kier alpha value is -1.30. The van der Waals surface area contributed by atoms with Crippen LogP contribution in [0.2, 0.25) is 0 Å². The zero-order valence-corrected chi connectivity index (χ0v) is 10.8. The van der Waals surface area contributed by atoms with Crippen molar-refractivity contribution in [1.29, 1.82) is 0 Å². The van der Waals surface area contributed by atoms with E-state index in [4.69, 9.17) is 10.5 Å². The van der Waals surface area contributed by atoms with Crippen molar-refractivity contribution in [1.82, 2.24) is 0 Å². The van der Waals surface area contributed by atoms with Crippen LogP contribution in [0.5, 0.6) is 0 Å². The fourth-order valence-corrected chi connectivity index (χ4v) is 2.11. The van der Waals surface area contributed by atoms with Crippen molar-refractivity contribution in [2.24, 2.45) is 11.7 Å². The van der Waals surface area contributed by atoms with Gasteiger partial charge in [0.25, 0.3) is 0 Å². The van der Waals surface area contributed by atoms with E-state index in [0.717, 1.165) is 18.1 Å². The number of hydrogen-bond acceptors (Lipinski definition) is 2. The minimum atomic E-state index is 0.405. The number of nitrogens with two attached hydrogens (primary N) is 1. The van der Waals surface area contributed by atoms with Gasteiger partial charge in [-0.15, -0.1) is 0 Å². The molecule has 0 saturated heterocycles. The number of rotatable bonds is 5. The zero-order valence-electron chi connectivity index (χ0n) is 10.8. The van der Waals surface area contributed by atoms with Crippen LogP contribution in [0.25, 0.3) is 0 Å². The molecule has 1 fully saturated rings. The molecule has 2 heteroatoms. The van der Waals surface area contributed by atoms with Gasteiger partial charge in [0.05, 0.1) is 13.2 Å². The van der Waals surface area contributed by atoms with Crippen molar-refractivity contribution < 1.29 is 4.74 Å². The zero-order chi connectivity index (χ0) is 12.6. The maximum absolute atomic E-state index is 5.71. The highest BCUT2D eigenvalue weighted by molar-refractivity contribution is 5.37. The normalized spacial score (nSPS) is 14.7. The molecule has 1 aliphatic rings. The van der Waals surface area contributed by atoms with Crippen LogP contribution < -0.4 is 5.73 Å².